The van der Waals surface area contributed by atoms with Crippen molar-refractivity contribution in [3.63, 3.8) is 0 Å². The smallest absolute Gasteiger partial charge is 0.406 e. The zero-order valence-corrected chi connectivity index (χ0v) is 25.8. The standard InChI is InChI=1S/C32H31F3N6O3S/c1-19(2)26-7-5-6-8-27(26)41-28(42)17-45-31(41)38-30(43)37-21(4)20(3)22-9-11-23(12-10-22)29-36-18-40(39-29)24-13-15-25(16-14-24)44-32(33,34)35/h5-16,18-21H,17H2,1-4H3,(H,37,43). The molecule has 234 valence electrons. The number of para-hydroxylation sites is 1. The Hall–Kier alpha value is -4.65. The van der Waals surface area contributed by atoms with E-state index in [1.807, 2.05) is 62.4 Å². The second-order valence-corrected chi connectivity index (χ2v) is 11.8. The van der Waals surface area contributed by atoms with E-state index in [2.05, 4.69) is 39.0 Å². The van der Waals surface area contributed by atoms with Gasteiger partial charge in [0, 0.05) is 17.5 Å². The second kappa shape index (κ2) is 13.1. The third-order valence-electron chi connectivity index (χ3n) is 7.38. The van der Waals surface area contributed by atoms with E-state index < -0.39 is 12.4 Å². The summed E-state index contributed by atoms with van der Waals surface area (Å²) in [6, 6.07) is 19.8. The van der Waals surface area contributed by atoms with Crippen LogP contribution >= 0.6 is 11.8 Å². The predicted molar refractivity (Wildman–Crippen MR) is 168 cm³/mol. The average Bonchev–Trinajstić information content (AvgIpc) is 3.63. The minimum absolute atomic E-state index is 0.0678. The van der Waals surface area contributed by atoms with Gasteiger partial charge in [-0.2, -0.15) is 4.99 Å². The number of nitrogens with zero attached hydrogens (tertiary/aromatic N) is 5. The summed E-state index contributed by atoms with van der Waals surface area (Å²) >= 11 is 1.24. The van der Waals surface area contributed by atoms with E-state index in [9.17, 15) is 22.8 Å². The van der Waals surface area contributed by atoms with Crippen LogP contribution in [0.2, 0.25) is 0 Å². The topological polar surface area (TPSA) is 102 Å². The molecule has 5 rings (SSSR count). The number of alkyl halides is 3. The monoisotopic (exact) mass is 636 g/mol. The molecule has 4 aromatic rings. The first-order chi connectivity index (χ1) is 21.4. The van der Waals surface area contributed by atoms with E-state index in [0.29, 0.717) is 16.7 Å². The van der Waals surface area contributed by atoms with E-state index in [4.69, 9.17) is 0 Å². The fourth-order valence-electron chi connectivity index (χ4n) is 4.84. The van der Waals surface area contributed by atoms with Gasteiger partial charge in [-0.15, -0.1) is 18.3 Å². The quantitative estimate of drug-likeness (QED) is 0.218. The molecule has 13 heteroatoms. The number of aliphatic imine (C=N–C) groups is 1. The maximum absolute atomic E-state index is 13.0. The van der Waals surface area contributed by atoms with Crippen LogP contribution in [-0.2, 0) is 4.79 Å². The lowest BCUT2D eigenvalue weighted by molar-refractivity contribution is -0.274. The minimum atomic E-state index is -4.76. The normalized spacial score (nSPS) is 15.9. The van der Waals surface area contributed by atoms with Crippen molar-refractivity contribution >= 4 is 34.6 Å². The molecule has 1 aliphatic heterocycles. The molecule has 1 fully saturated rings. The molecular weight excluding hydrogens is 605 g/mol. The molecule has 3 aromatic carbocycles. The third-order valence-corrected chi connectivity index (χ3v) is 8.31. The van der Waals surface area contributed by atoms with Crippen molar-refractivity contribution in [3.05, 3.63) is 90.3 Å². The first-order valence-electron chi connectivity index (χ1n) is 14.2. The summed E-state index contributed by atoms with van der Waals surface area (Å²) in [6.07, 6.45) is -3.29. The fraction of sp³-hybridized carbons (Fsp3) is 0.281. The zero-order valence-electron chi connectivity index (χ0n) is 24.9. The van der Waals surface area contributed by atoms with Gasteiger partial charge in [-0.3, -0.25) is 9.69 Å². The van der Waals surface area contributed by atoms with Crippen molar-refractivity contribution < 1.29 is 27.5 Å². The van der Waals surface area contributed by atoms with Crippen LogP contribution in [0.3, 0.4) is 0 Å². The molecule has 0 saturated carbocycles. The first kappa shape index (κ1) is 31.8. The Kier molecular flexibility index (Phi) is 9.28. The van der Waals surface area contributed by atoms with Gasteiger partial charge in [0.25, 0.3) is 0 Å². The van der Waals surface area contributed by atoms with Gasteiger partial charge < -0.3 is 10.1 Å². The molecule has 1 aliphatic rings. The van der Waals surface area contributed by atoms with Crippen molar-refractivity contribution in [1.29, 1.82) is 0 Å². The van der Waals surface area contributed by atoms with Gasteiger partial charge in [-0.25, -0.2) is 14.5 Å². The molecule has 0 bridgehead atoms. The number of amides is 3. The minimum Gasteiger partial charge on any atom is -0.406 e. The highest BCUT2D eigenvalue weighted by molar-refractivity contribution is 8.15. The Bertz CT molecular complexity index is 1700. The van der Waals surface area contributed by atoms with Gasteiger partial charge in [-0.05, 0) is 54.3 Å². The Balaban J connectivity index is 1.23. The molecule has 1 saturated heterocycles. The van der Waals surface area contributed by atoms with Crippen molar-refractivity contribution in [2.24, 2.45) is 4.99 Å². The highest BCUT2D eigenvalue weighted by Gasteiger charge is 2.33. The first-order valence-corrected chi connectivity index (χ1v) is 15.2. The number of benzene rings is 3. The molecule has 0 spiro atoms. The maximum Gasteiger partial charge on any atom is 0.573 e. The van der Waals surface area contributed by atoms with E-state index in [1.165, 1.54) is 51.9 Å². The molecule has 1 N–H and O–H groups in total. The van der Waals surface area contributed by atoms with Crippen molar-refractivity contribution in [1.82, 2.24) is 20.1 Å². The highest BCUT2D eigenvalue weighted by atomic mass is 32.2. The number of nitrogens with one attached hydrogen (secondary N) is 1. The van der Waals surface area contributed by atoms with Crippen LogP contribution in [0.15, 0.2) is 84.1 Å². The summed E-state index contributed by atoms with van der Waals surface area (Å²) in [5.41, 5.74) is 3.98. The molecule has 2 heterocycles. The van der Waals surface area contributed by atoms with E-state index in [-0.39, 0.29) is 35.3 Å². The Labute approximate surface area is 262 Å². The van der Waals surface area contributed by atoms with Gasteiger partial charge in [0.05, 0.1) is 17.1 Å². The largest absolute Gasteiger partial charge is 0.573 e. The number of amidine groups is 1. The number of carbonyl (C=O) groups excluding carboxylic acids is 2. The van der Waals surface area contributed by atoms with Crippen LogP contribution in [0.5, 0.6) is 5.75 Å². The van der Waals surface area contributed by atoms with E-state index >= 15 is 0 Å². The highest BCUT2D eigenvalue weighted by Crippen LogP contribution is 2.33. The number of anilines is 1. The van der Waals surface area contributed by atoms with Gasteiger partial charge in [0.2, 0.25) is 5.91 Å². The van der Waals surface area contributed by atoms with E-state index in [1.54, 1.807) is 0 Å². The lowest BCUT2D eigenvalue weighted by atomic mass is 9.93. The SMILES string of the molecule is CC(C)c1ccccc1N1C(=O)CSC1=NC(=O)NC(C)C(C)c1ccc(-c2ncn(-c3ccc(OC(F)(F)F)cc3)n2)cc1. The van der Waals surface area contributed by atoms with Crippen LogP contribution in [-0.4, -0.2) is 50.0 Å². The predicted octanol–water partition coefficient (Wildman–Crippen LogP) is 7.29. The van der Waals surface area contributed by atoms with Gasteiger partial charge >= 0.3 is 12.4 Å². The van der Waals surface area contributed by atoms with Crippen molar-refractivity contribution in [3.8, 4) is 22.8 Å². The van der Waals surface area contributed by atoms with Crippen LogP contribution in [0.25, 0.3) is 17.1 Å². The molecule has 0 radical (unpaired) electrons. The summed E-state index contributed by atoms with van der Waals surface area (Å²) < 4.78 is 42.7. The molecule has 3 amide bonds. The number of rotatable bonds is 8. The number of hydrogen-bond donors (Lipinski definition) is 1. The number of carbonyl (C=O) groups is 2. The van der Waals surface area contributed by atoms with Gasteiger partial charge in [0.1, 0.15) is 12.1 Å². The Morgan fingerprint density at radius 1 is 1.00 bits per heavy atom. The number of hydrogen-bond acceptors (Lipinski definition) is 6. The van der Waals surface area contributed by atoms with Crippen LogP contribution in [0.1, 0.15) is 50.7 Å². The zero-order chi connectivity index (χ0) is 32.3. The van der Waals surface area contributed by atoms with Crippen LogP contribution < -0.4 is 15.0 Å². The lowest BCUT2D eigenvalue weighted by Gasteiger charge is -2.23. The molecular formula is C32H31F3N6O3S. The second-order valence-electron chi connectivity index (χ2n) is 10.8. The van der Waals surface area contributed by atoms with Crippen molar-refractivity contribution in [2.75, 3.05) is 10.7 Å². The summed E-state index contributed by atoms with van der Waals surface area (Å²) in [7, 11) is 0. The molecule has 45 heavy (non-hydrogen) atoms. The molecule has 2 atom stereocenters. The number of thioether (sulfide) groups is 1. The molecule has 9 nitrogen and oxygen atoms in total. The number of ether oxygens (including phenoxy) is 1. The van der Waals surface area contributed by atoms with Crippen molar-refractivity contribution in [2.45, 2.75) is 51.9 Å². The number of halogens is 3. The van der Waals surface area contributed by atoms with E-state index in [0.717, 1.165) is 22.4 Å². The van der Waals surface area contributed by atoms with Gasteiger partial charge in [-0.1, -0.05) is 75.0 Å². The third kappa shape index (κ3) is 7.54. The van der Waals surface area contributed by atoms with Crippen LogP contribution in [0.4, 0.5) is 23.7 Å². The summed E-state index contributed by atoms with van der Waals surface area (Å²) in [5.74, 6) is 0.338. The average molecular weight is 637 g/mol. The molecule has 1 aromatic heterocycles. The van der Waals surface area contributed by atoms with Crippen LogP contribution in [0, 0.1) is 0 Å². The van der Waals surface area contributed by atoms with Gasteiger partial charge in [0.15, 0.2) is 11.0 Å². The lowest BCUT2D eigenvalue weighted by Crippen LogP contribution is -2.36. The molecule has 2 unspecified atom stereocenters. The number of urea groups is 1. The Morgan fingerprint density at radius 3 is 2.36 bits per heavy atom. The summed E-state index contributed by atoms with van der Waals surface area (Å²) in [6.45, 7) is 7.99. The molecule has 0 aliphatic carbocycles. The summed E-state index contributed by atoms with van der Waals surface area (Å²) in [4.78, 5) is 35.8. The number of aromatic nitrogens is 3. The Morgan fingerprint density at radius 2 is 1.69 bits per heavy atom. The summed E-state index contributed by atoms with van der Waals surface area (Å²) in [5, 5.41) is 7.73. The fourth-order valence-corrected chi connectivity index (χ4v) is 5.70. The maximum atomic E-state index is 13.0.